The van der Waals surface area contributed by atoms with Gasteiger partial charge in [-0.2, -0.15) is 0 Å². The second-order valence-corrected chi connectivity index (χ2v) is 6.18. The number of hydrogen-bond donors (Lipinski definition) is 2. The van der Waals surface area contributed by atoms with Crippen molar-refractivity contribution < 1.29 is 19.4 Å². The van der Waals surface area contributed by atoms with Gasteiger partial charge in [0.2, 0.25) is 0 Å². The molecule has 2 aromatic rings. The zero-order valence-electron chi connectivity index (χ0n) is 14.1. The molecule has 0 bridgehead atoms. The van der Waals surface area contributed by atoms with E-state index in [2.05, 4.69) is 23.5 Å². The Morgan fingerprint density at radius 2 is 1.92 bits per heavy atom. The van der Waals surface area contributed by atoms with E-state index in [-0.39, 0.29) is 6.61 Å². The number of alkyl carbamates (subject to hydrolysis) is 1. The number of benzene rings is 2. The number of carbonyl (C=O) groups is 2. The smallest absolute Gasteiger partial charge is 0.408 e. The highest BCUT2D eigenvalue weighted by Gasteiger charge is 2.22. The number of carboxylic acids is 1. The van der Waals surface area contributed by atoms with Crippen molar-refractivity contribution in [3.8, 4) is 11.1 Å². The molecule has 0 saturated carbocycles. The van der Waals surface area contributed by atoms with Gasteiger partial charge in [0.25, 0.3) is 0 Å². The van der Waals surface area contributed by atoms with Gasteiger partial charge in [-0.1, -0.05) is 55.8 Å². The zero-order valence-corrected chi connectivity index (χ0v) is 14.1. The Bertz CT molecular complexity index is 800. The lowest BCUT2D eigenvalue weighted by Gasteiger charge is -2.14. The largest absolute Gasteiger partial charge is 0.480 e. The third-order valence-electron chi connectivity index (χ3n) is 4.47. The molecule has 1 atom stereocenters. The third kappa shape index (κ3) is 3.65. The number of amides is 1. The Hall–Kier alpha value is -2.82. The van der Waals surface area contributed by atoms with Gasteiger partial charge < -0.3 is 15.2 Å². The van der Waals surface area contributed by atoms with Crippen LogP contribution in [-0.2, 0) is 22.6 Å². The summed E-state index contributed by atoms with van der Waals surface area (Å²) in [4.78, 5) is 23.0. The number of aliphatic carboxylic acids is 1. The predicted molar refractivity (Wildman–Crippen MR) is 94.3 cm³/mol. The molecule has 2 aromatic carbocycles. The molecule has 1 amide bonds. The number of carbonyl (C=O) groups excluding carboxylic acids is 1. The first-order valence-electron chi connectivity index (χ1n) is 8.45. The van der Waals surface area contributed by atoms with Crippen LogP contribution in [0.4, 0.5) is 4.79 Å². The van der Waals surface area contributed by atoms with Gasteiger partial charge >= 0.3 is 12.1 Å². The number of carboxylic acid groups (broad SMARTS) is 1. The highest BCUT2D eigenvalue weighted by atomic mass is 16.5. The van der Waals surface area contributed by atoms with E-state index >= 15 is 0 Å². The van der Waals surface area contributed by atoms with Crippen LogP contribution in [0.3, 0.4) is 0 Å². The number of fused-ring (bicyclic) bond motifs is 3. The highest BCUT2D eigenvalue weighted by Crippen LogP contribution is 2.38. The van der Waals surface area contributed by atoms with Crippen molar-refractivity contribution in [1.82, 2.24) is 5.32 Å². The van der Waals surface area contributed by atoms with E-state index in [1.807, 2.05) is 31.2 Å². The molecule has 0 unspecified atom stereocenters. The Labute approximate surface area is 146 Å². The van der Waals surface area contributed by atoms with Crippen LogP contribution < -0.4 is 5.32 Å². The van der Waals surface area contributed by atoms with Gasteiger partial charge in [-0.15, -0.1) is 0 Å². The Balaban J connectivity index is 1.67. The first kappa shape index (κ1) is 17.0. The van der Waals surface area contributed by atoms with Gasteiger partial charge in [0.1, 0.15) is 12.6 Å². The molecule has 5 nitrogen and oxygen atoms in total. The van der Waals surface area contributed by atoms with Gasteiger partial charge in [-0.05, 0) is 40.7 Å². The minimum atomic E-state index is -1.05. The van der Waals surface area contributed by atoms with Crippen molar-refractivity contribution >= 4 is 12.1 Å². The molecule has 130 valence electrons. The van der Waals surface area contributed by atoms with Crippen LogP contribution in [0.1, 0.15) is 36.5 Å². The zero-order chi connectivity index (χ0) is 17.8. The molecular formula is C20H21NO4. The SMILES string of the molecule is CCC[C@H](NC(=O)OCc1cccc2c1Cc1ccccc1-2)C(=O)O. The molecule has 5 heteroatoms. The first-order valence-corrected chi connectivity index (χ1v) is 8.45. The van der Waals surface area contributed by atoms with Gasteiger partial charge in [-0.25, -0.2) is 9.59 Å². The summed E-state index contributed by atoms with van der Waals surface area (Å²) in [6.45, 7) is 2.00. The van der Waals surface area contributed by atoms with Gasteiger partial charge in [0, 0.05) is 0 Å². The topological polar surface area (TPSA) is 75.6 Å². The molecule has 0 spiro atoms. The predicted octanol–water partition coefficient (Wildman–Crippen LogP) is 3.74. The average molecular weight is 339 g/mol. The fourth-order valence-electron chi connectivity index (χ4n) is 3.23. The van der Waals surface area contributed by atoms with Gasteiger partial charge in [0.05, 0.1) is 0 Å². The Morgan fingerprint density at radius 1 is 1.16 bits per heavy atom. The standard InChI is InChI=1S/C20H21NO4/c1-2-6-18(19(22)23)21-20(24)25-12-14-8-5-10-16-15-9-4-3-7-13(15)11-17(14)16/h3-5,7-10,18H,2,6,11-12H2,1H3,(H,21,24)(H,22,23)/t18-/m0/s1. The van der Waals surface area contributed by atoms with E-state index in [4.69, 9.17) is 9.84 Å². The molecule has 0 heterocycles. The number of ether oxygens (including phenoxy) is 1. The Kier molecular flexibility index (Phi) is 5.03. The van der Waals surface area contributed by atoms with Crippen molar-refractivity contribution in [3.63, 3.8) is 0 Å². The first-order chi connectivity index (χ1) is 12.1. The molecule has 0 radical (unpaired) electrons. The summed E-state index contributed by atoms with van der Waals surface area (Å²) >= 11 is 0. The summed E-state index contributed by atoms with van der Waals surface area (Å²) in [6.07, 6.45) is 1.16. The molecule has 3 rings (SSSR count). The molecule has 0 aliphatic heterocycles. The fraction of sp³-hybridized carbons (Fsp3) is 0.300. The van der Waals surface area contributed by atoms with E-state index in [1.54, 1.807) is 0 Å². The van der Waals surface area contributed by atoms with Crippen LogP contribution in [0.25, 0.3) is 11.1 Å². The molecule has 0 fully saturated rings. The quantitative estimate of drug-likeness (QED) is 0.717. The van der Waals surface area contributed by atoms with Crippen molar-refractivity contribution in [2.24, 2.45) is 0 Å². The summed E-state index contributed by atoms with van der Waals surface area (Å²) in [5.74, 6) is -1.05. The summed E-state index contributed by atoms with van der Waals surface area (Å²) in [6, 6.07) is 13.3. The normalized spacial score (nSPS) is 12.8. The highest BCUT2D eigenvalue weighted by molar-refractivity contribution is 5.80. The third-order valence-corrected chi connectivity index (χ3v) is 4.47. The minimum Gasteiger partial charge on any atom is -0.480 e. The second-order valence-electron chi connectivity index (χ2n) is 6.18. The van der Waals surface area contributed by atoms with Crippen LogP contribution in [0.5, 0.6) is 0 Å². The maximum absolute atomic E-state index is 11.9. The second kappa shape index (κ2) is 7.38. The average Bonchev–Trinajstić information content (AvgIpc) is 2.99. The summed E-state index contributed by atoms with van der Waals surface area (Å²) < 4.78 is 5.27. The van der Waals surface area contributed by atoms with E-state index in [1.165, 1.54) is 22.3 Å². The van der Waals surface area contributed by atoms with Crippen molar-refractivity contribution in [2.75, 3.05) is 0 Å². The van der Waals surface area contributed by atoms with E-state index < -0.39 is 18.1 Å². The summed E-state index contributed by atoms with van der Waals surface area (Å²) in [5.41, 5.74) is 5.78. The molecule has 0 saturated heterocycles. The van der Waals surface area contributed by atoms with Crippen LogP contribution >= 0.6 is 0 Å². The summed E-state index contributed by atoms with van der Waals surface area (Å²) in [7, 11) is 0. The van der Waals surface area contributed by atoms with Crippen LogP contribution in [0.15, 0.2) is 42.5 Å². The van der Waals surface area contributed by atoms with E-state index in [0.717, 1.165) is 12.0 Å². The van der Waals surface area contributed by atoms with Gasteiger partial charge in [0.15, 0.2) is 0 Å². The monoisotopic (exact) mass is 339 g/mol. The lowest BCUT2D eigenvalue weighted by atomic mass is 10.0. The molecule has 1 aliphatic carbocycles. The Morgan fingerprint density at radius 3 is 2.68 bits per heavy atom. The lowest BCUT2D eigenvalue weighted by molar-refractivity contribution is -0.139. The van der Waals surface area contributed by atoms with Crippen molar-refractivity contribution in [2.45, 2.75) is 38.8 Å². The molecular weight excluding hydrogens is 318 g/mol. The van der Waals surface area contributed by atoms with Crippen LogP contribution in [-0.4, -0.2) is 23.2 Å². The number of nitrogens with one attached hydrogen (secondary N) is 1. The molecule has 1 aliphatic rings. The molecule has 2 N–H and O–H groups in total. The minimum absolute atomic E-state index is 0.126. The summed E-state index contributed by atoms with van der Waals surface area (Å²) in [5, 5.41) is 11.5. The van der Waals surface area contributed by atoms with Crippen molar-refractivity contribution in [1.29, 1.82) is 0 Å². The maximum atomic E-state index is 11.9. The number of hydrogen-bond acceptors (Lipinski definition) is 3. The van der Waals surface area contributed by atoms with E-state index in [0.29, 0.717) is 12.8 Å². The van der Waals surface area contributed by atoms with Gasteiger partial charge in [-0.3, -0.25) is 0 Å². The van der Waals surface area contributed by atoms with Crippen LogP contribution in [0.2, 0.25) is 0 Å². The molecule has 25 heavy (non-hydrogen) atoms. The fourth-order valence-corrected chi connectivity index (χ4v) is 3.23. The maximum Gasteiger partial charge on any atom is 0.408 e. The lowest BCUT2D eigenvalue weighted by Crippen LogP contribution is -2.40. The molecule has 0 aromatic heterocycles. The number of rotatable bonds is 6. The van der Waals surface area contributed by atoms with Crippen LogP contribution in [0, 0.1) is 0 Å². The van der Waals surface area contributed by atoms with Crippen molar-refractivity contribution in [3.05, 3.63) is 59.2 Å². The van der Waals surface area contributed by atoms with E-state index in [9.17, 15) is 9.59 Å².